The van der Waals surface area contributed by atoms with Crippen LogP contribution in [0.4, 0.5) is 5.69 Å². The van der Waals surface area contributed by atoms with E-state index in [1.54, 1.807) is 13.0 Å². The van der Waals surface area contributed by atoms with E-state index in [2.05, 4.69) is 10.6 Å². The zero-order chi connectivity index (χ0) is 17.6. The summed E-state index contributed by atoms with van der Waals surface area (Å²) in [7, 11) is 0. The molecule has 0 radical (unpaired) electrons. The van der Waals surface area contributed by atoms with Crippen LogP contribution in [0.3, 0.4) is 0 Å². The molecule has 0 fully saturated rings. The minimum atomic E-state index is -0.670. The summed E-state index contributed by atoms with van der Waals surface area (Å²) in [4.78, 5) is 24.1. The third-order valence-electron chi connectivity index (χ3n) is 3.78. The van der Waals surface area contributed by atoms with Crippen LogP contribution in [0.5, 0.6) is 0 Å². The molecule has 1 unspecified atom stereocenters. The summed E-state index contributed by atoms with van der Waals surface area (Å²) < 4.78 is 4.86. The number of carbonyl (C=O) groups excluding carboxylic acids is 2. The Kier molecular flexibility index (Phi) is 4.95. The van der Waals surface area contributed by atoms with Crippen molar-refractivity contribution >= 4 is 17.5 Å². The van der Waals surface area contributed by atoms with Gasteiger partial charge in [0.05, 0.1) is 11.8 Å². The van der Waals surface area contributed by atoms with Crippen LogP contribution < -0.4 is 10.6 Å². The van der Waals surface area contributed by atoms with Crippen molar-refractivity contribution in [2.75, 3.05) is 5.32 Å². The molecule has 2 aromatic carbocycles. The summed E-state index contributed by atoms with van der Waals surface area (Å²) in [6.07, 6.45) is 2.75. The van der Waals surface area contributed by atoms with Crippen molar-refractivity contribution in [2.24, 2.45) is 0 Å². The lowest BCUT2D eigenvalue weighted by molar-refractivity contribution is -0.117. The first kappa shape index (κ1) is 16.5. The maximum absolute atomic E-state index is 12.2. The molecule has 3 aromatic rings. The average Bonchev–Trinajstić information content (AvgIpc) is 3.18. The van der Waals surface area contributed by atoms with Gasteiger partial charge in [-0.1, -0.05) is 42.5 Å². The number of hydrogen-bond acceptors (Lipinski definition) is 3. The SMILES string of the molecule is CC(NC(=O)c1ccoc1)C(=O)Nc1ccc(-c2ccccc2)cc1. The van der Waals surface area contributed by atoms with E-state index < -0.39 is 6.04 Å². The highest BCUT2D eigenvalue weighted by atomic mass is 16.3. The lowest BCUT2D eigenvalue weighted by atomic mass is 10.1. The first-order valence-electron chi connectivity index (χ1n) is 7.93. The van der Waals surface area contributed by atoms with Crippen molar-refractivity contribution < 1.29 is 14.0 Å². The lowest BCUT2D eigenvalue weighted by Gasteiger charge is -2.14. The molecule has 25 heavy (non-hydrogen) atoms. The normalized spacial score (nSPS) is 11.6. The molecule has 5 heteroatoms. The zero-order valence-corrected chi connectivity index (χ0v) is 13.7. The first-order chi connectivity index (χ1) is 12.1. The third kappa shape index (κ3) is 4.14. The van der Waals surface area contributed by atoms with Crippen molar-refractivity contribution in [1.82, 2.24) is 5.32 Å². The van der Waals surface area contributed by atoms with Crippen molar-refractivity contribution in [2.45, 2.75) is 13.0 Å². The van der Waals surface area contributed by atoms with Gasteiger partial charge < -0.3 is 15.1 Å². The number of hydrogen-bond donors (Lipinski definition) is 2. The van der Waals surface area contributed by atoms with Crippen LogP contribution in [-0.4, -0.2) is 17.9 Å². The summed E-state index contributed by atoms with van der Waals surface area (Å²) in [6, 6.07) is 18.4. The molecule has 1 heterocycles. The van der Waals surface area contributed by atoms with E-state index >= 15 is 0 Å². The Morgan fingerprint density at radius 1 is 0.920 bits per heavy atom. The number of anilines is 1. The van der Waals surface area contributed by atoms with Gasteiger partial charge >= 0.3 is 0 Å². The van der Waals surface area contributed by atoms with Gasteiger partial charge in [0, 0.05) is 5.69 Å². The molecule has 126 valence electrons. The third-order valence-corrected chi connectivity index (χ3v) is 3.78. The molecule has 3 rings (SSSR count). The second-order valence-electron chi connectivity index (χ2n) is 5.64. The Bertz CT molecular complexity index is 840. The fourth-order valence-corrected chi connectivity index (χ4v) is 2.37. The van der Waals surface area contributed by atoms with Crippen LogP contribution in [0.2, 0.25) is 0 Å². The molecule has 0 bridgehead atoms. The van der Waals surface area contributed by atoms with Gasteiger partial charge in [0.2, 0.25) is 5.91 Å². The summed E-state index contributed by atoms with van der Waals surface area (Å²) in [5, 5.41) is 5.42. The molecule has 1 aromatic heterocycles. The number of furan rings is 1. The Labute approximate surface area is 145 Å². The summed E-state index contributed by atoms with van der Waals surface area (Å²) in [6.45, 7) is 1.63. The van der Waals surface area contributed by atoms with Gasteiger partial charge in [-0.15, -0.1) is 0 Å². The predicted molar refractivity (Wildman–Crippen MR) is 96.1 cm³/mol. The second kappa shape index (κ2) is 7.49. The standard InChI is InChI=1S/C20H18N2O3/c1-14(21-20(24)17-11-12-25-13-17)19(23)22-18-9-7-16(8-10-18)15-5-3-2-4-6-15/h2-14H,1H3,(H,21,24)(H,22,23). The molecule has 1 atom stereocenters. The van der Waals surface area contributed by atoms with Gasteiger partial charge in [0.25, 0.3) is 5.91 Å². The highest BCUT2D eigenvalue weighted by Crippen LogP contribution is 2.21. The van der Waals surface area contributed by atoms with E-state index in [0.29, 0.717) is 11.3 Å². The maximum atomic E-state index is 12.2. The average molecular weight is 334 g/mol. The number of carbonyl (C=O) groups is 2. The van der Waals surface area contributed by atoms with Crippen LogP contribution in [0.1, 0.15) is 17.3 Å². The van der Waals surface area contributed by atoms with E-state index in [9.17, 15) is 9.59 Å². The van der Waals surface area contributed by atoms with Gasteiger partial charge in [-0.3, -0.25) is 9.59 Å². The van der Waals surface area contributed by atoms with E-state index in [0.717, 1.165) is 11.1 Å². The molecule has 5 nitrogen and oxygen atoms in total. The minimum Gasteiger partial charge on any atom is -0.472 e. The van der Waals surface area contributed by atoms with Gasteiger partial charge in [0.1, 0.15) is 12.3 Å². The molecular weight excluding hydrogens is 316 g/mol. The number of benzene rings is 2. The van der Waals surface area contributed by atoms with E-state index in [-0.39, 0.29) is 11.8 Å². The lowest BCUT2D eigenvalue weighted by Crippen LogP contribution is -2.41. The molecule has 0 aliphatic carbocycles. The summed E-state index contributed by atoms with van der Waals surface area (Å²) >= 11 is 0. The second-order valence-corrected chi connectivity index (χ2v) is 5.64. The molecule has 0 saturated heterocycles. The minimum absolute atomic E-state index is 0.288. The fourth-order valence-electron chi connectivity index (χ4n) is 2.37. The topological polar surface area (TPSA) is 71.3 Å². The van der Waals surface area contributed by atoms with Crippen molar-refractivity contribution in [3.8, 4) is 11.1 Å². The summed E-state index contributed by atoms with van der Waals surface area (Å²) in [5.41, 5.74) is 3.24. The quantitative estimate of drug-likeness (QED) is 0.747. The fraction of sp³-hybridized carbons (Fsp3) is 0.100. The Morgan fingerprint density at radius 2 is 1.60 bits per heavy atom. The molecule has 0 aliphatic heterocycles. The van der Waals surface area contributed by atoms with Crippen molar-refractivity contribution in [3.05, 3.63) is 78.8 Å². The van der Waals surface area contributed by atoms with E-state index in [1.807, 2.05) is 54.6 Å². The van der Waals surface area contributed by atoms with E-state index in [1.165, 1.54) is 12.5 Å². The Hall–Kier alpha value is -3.34. The number of amides is 2. The van der Waals surface area contributed by atoms with Gasteiger partial charge in [-0.05, 0) is 36.2 Å². The summed E-state index contributed by atoms with van der Waals surface area (Å²) in [5.74, 6) is -0.639. The van der Waals surface area contributed by atoms with Crippen LogP contribution >= 0.6 is 0 Å². The van der Waals surface area contributed by atoms with Gasteiger partial charge in [-0.2, -0.15) is 0 Å². The first-order valence-corrected chi connectivity index (χ1v) is 7.93. The smallest absolute Gasteiger partial charge is 0.255 e. The van der Waals surface area contributed by atoms with Gasteiger partial charge in [0.15, 0.2) is 0 Å². The maximum Gasteiger partial charge on any atom is 0.255 e. The van der Waals surface area contributed by atoms with Crippen molar-refractivity contribution in [3.63, 3.8) is 0 Å². The Balaban J connectivity index is 1.60. The molecule has 2 N–H and O–H groups in total. The van der Waals surface area contributed by atoms with Crippen LogP contribution in [0.15, 0.2) is 77.6 Å². The molecule has 2 amide bonds. The number of nitrogens with one attached hydrogen (secondary N) is 2. The molecule has 0 aliphatic rings. The van der Waals surface area contributed by atoms with Crippen LogP contribution in [0.25, 0.3) is 11.1 Å². The molecule has 0 spiro atoms. The Morgan fingerprint density at radius 3 is 2.24 bits per heavy atom. The van der Waals surface area contributed by atoms with Gasteiger partial charge in [-0.25, -0.2) is 0 Å². The number of rotatable bonds is 5. The van der Waals surface area contributed by atoms with Crippen LogP contribution in [0, 0.1) is 0 Å². The van der Waals surface area contributed by atoms with Crippen LogP contribution in [-0.2, 0) is 4.79 Å². The zero-order valence-electron chi connectivity index (χ0n) is 13.7. The highest BCUT2D eigenvalue weighted by Gasteiger charge is 2.17. The highest BCUT2D eigenvalue weighted by molar-refractivity contribution is 6.00. The monoisotopic (exact) mass is 334 g/mol. The molecular formula is C20H18N2O3. The molecule has 0 saturated carbocycles. The van der Waals surface area contributed by atoms with E-state index in [4.69, 9.17) is 4.42 Å². The largest absolute Gasteiger partial charge is 0.472 e. The predicted octanol–water partition coefficient (Wildman–Crippen LogP) is 3.70. The van der Waals surface area contributed by atoms with Crippen molar-refractivity contribution in [1.29, 1.82) is 0 Å².